The molecule has 0 radical (unpaired) electrons. The normalized spacial score (nSPS) is 15.2. The van der Waals surface area contributed by atoms with Gasteiger partial charge < -0.3 is 33.3 Å². The van der Waals surface area contributed by atoms with Crippen molar-refractivity contribution in [1.29, 1.82) is 0 Å². The van der Waals surface area contributed by atoms with Crippen LogP contribution in [0.4, 0.5) is 4.39 Å². The maximum Gasteiger partial charge on any atom is 0.348 e. The van der Waals surface area contributed by atoms with Gasteiger partial charge in [0, 0.05) is 70.8 Å². The lowest BCUT2D eigenvalue weighted by atomic mass is 9.88. The summed E-state index contributed by atoms with van der Waals surface area (Å²) < 4.78 is 53.3. The Bertz CT molecular complexity index is 3480. The average molecular weight is 1010 g/mol. The van der Waals surface area contributed by atoms with E-state index in [0.29, 0.717) is 80.0 Å². The number of carbonyl (C=O) groups excluding carboxylic acids is 1. The molecule has 366 valence electrons. The zero-order valence-corrected chi connectivity index (χ0v) is 41.5. The standard InChI is InChI=1S/C56H50ClFN6O7S/c1-63-24-26-64(27-25-63)28-29-68-45-19-18-40-46(49(45)57)41-30-35(58)14-17-38(41)50-47(40)48-53(60-33-61-54(48)72-50)71-51(55(65)70-31-34-12-15-37(66-2)16-13-34)56(21-22-56)42-9-5-7-11-44(42)69-32-36-20-23-59-52(62-36)39-8-4-6-10-43(39)67-3/h4-20,23,30,33,51H,21-22,24-29,31-32H2,1-3H3/t51-/m0/s1. The summed E-state index contributed by atoms with van der Waals surface area (Å²) in [5.74, 6) is 2.14. The first-order valence-electron chi connectivity index (χ1n) is 23.8. The summed E-state index contributed by atoms with van der Waals surface area (Å²) in [7, 11) is 5.35. The maximum atomic E-state index is 15.3. The zero-order valence-electron chi connectivity index (χ0n) is 39.9. The number of likely N-dealkylation sites (N-methyl/N-ethyl adjacent to an activating group) is 1. The largest absolute Gasteiger partial charge is 0.497 e. The second-order valence-corrected chi connectivity index (χ2v) is 19.5. The van der Waals surface area contributed by atoms with Gasteiger partial charge in [-0.1, -0.05) is 60.1 Å². The number of methoxy groups -OCH3 is 2. The van der Waals surface area contributed by atoms with Crippen LogP contribution in [0, 0.1) is 5.82 Å². The molecule has 11 rings (SSSR count). The van der Waals surface area contributed by atoms with Gasteiger partial charge in [-0.15, -0.1) is 11.3 Å². The van der Waals surface area contributed by atoms with Gasteiger partial charge in [0.05, 0.1) is 35.9 Å². The molecule has 1 aliphatic heterocycles. The molecular formula is C56H50ClFN6O7S. The predicted octanol–water partition coefficient (Wildman–Crippen LogP) is 10.8. The van der Waals surface area contributed by atoms with Gasteiger partial charge in [-0.05, 0) is 96.9 Å². The molecule has 9 aromatic rings. The number of nitrogens with zero attached hydrogens (tertiary/aromatic N) is 6. The Morgan fingerprint density at radius 1 is 0.778 bits per heavy atom. The van der Waals surface area contributed by atoms with E-state index in [1.807, 2.05) is 91.0 Å². The topological polar surface area (TPSA) is 130 Å². The average Bonchev–Trinajstić information content (AvgIpc) is 4.12. The highest BCUT2D eigenvalue weighted by molar-refractivity contribution is 7.26. The number of fused-ring (bicyclic) bond motifs is 8. The molecule has 16 heteroatoms. The van der Waals surface area contributed by atoms with Crippen LogP contribution < -0.4 is 23.7 Å². The number of halogens is 2. The molecule has 2 fully saturated rings. The number of carbonyl (C=O) groups is 1. The van der Waals surface area contributed by atoms with Crippen LogP contribution in [-0.2, 0) is 28.2 Å². The van der Waals surface area contributed by atoms with Gasteiger partial charge in [0.2, 0.25) is 12.0 Å². The Hall–Kier alpha value is -7.17. The molecule has 2 aliphatic rings. The number of piperazine rings is 1. The number of esters is 1. The highest BCUT2D eigenvalue weighted by Crippen LogP contribution is 2.56. The van der Waals surface area contributed by atoms with Gasteiger partial charge >= 0.3 is 5.97 Å². The minimum Gasteiger partial charge on any atom is -0.497 e. The van der Waals surface area contributed by atoms with Gasteiger partial charge in [-0.2, -0.15) is 0 Å². The molecule has 0 unspecified atom stereocenters. The summed E-state index contributed by atoms with van der Waals surface area (Å²) in [6.07, 6.45) is 3.13. The first-order chi connectivity index (χ1) is 35.2. The van der Waals surface area contributed by atoms with Crippen LogP contribution in [0.1, 0.15) is 29.7 Å². The molecule has 3 aromatic heterocycles. The fraction of sp³-hybridized carbons (Fsp3) is 0.268. The van der Waals surface area contributed by atoms with Crippen molar-refractivity contribution in [2.75, 3.05) is 60.6 Å². The fourth-order valence-electron chi connectivity index (χ4n) is 9.71. The van der Waals surface area contributed by atoms with Crippen molar-refractivity contribution in [1.82, 2.24) is 29.7 Å². The van der Waals surface area contributed by atoms with E-state index in [1.54, 1.807) is 26.5 Å². The maximum absolute atomic E-state index is 15.3. The fourth-order valence-corrected chi connectivity index (χ4v) is 11.2. The molecule has 0 bridgehead atoms. The number of rotatable bonds is 17. The Morgan fingerprint density at radius 3 is 2.35 bits per heavy atom. The van der Waals surface area contributed by atoms with Gasteiger partial charge in [0.25, 0.3) is 0 Å². The number of hydrogen-bond donors (Lipinski definition) is 0. The first kappa shape index (κ1) is 47.2. The lowest BCUT2D eigenvalue weighted by molar-refractivity contribution is -0.155. The molecule has 0 N–H and O–H groups in total. The van der Waals surface area contributed by atoms with E-state index >= 15 is 4.39 Å². The molecular weight excluding hydrogens is 955 g/mol. The molecule has 4 heterocycles. The Morgan fingerprint density at radius 2 is 1.56 bits per heavy atom. The van der Waals surface area contributed by atoms with Gasteiger partial charge in [-0.3, -0.25) is 4.90 Å². The predicted molar refractivity (Wildman–Crippen MR) is 277 cm³/mol. The molecule has 1 saturated heterocycles. The Kier molecular flexibility index (Phi) is 13.2. The number of thiophene rings is 1. The van der Waals surface area contributed by atoms with Crippen LogP contribution in [0.5, 0.6) is 28.9 Å². The van der Waals surface area contributed by atoms with E-state index in [1.165, 1.54) is 29.8 Å². The second-order valence-electron chi connectivity index (χ2n) is 18.1. The van der Waals surface area contributed by atoms with Crippen molar-refractivity contribution in [3.05, 3.63) is 149 Å². The number of aromatic nitrogens is 4. The minimum absolute atomic E-state index is 0.00874. The molecule has 0 spiro atoms. The smallest absolute Gasteiger partial charge is 0.348 e. The molecule has 1 aliphatic carbocycles. The van der Waals surface area contributed by atoms with Crippen molar-refractivity contribution in [2.45, 2.75) is 37.6 Å². The van der Waals surface area contributed by atoms with E-state index in [9.17, 15) is 4.79 Å². The van der Waals surface area contributed by atoms with E-state index in [4.69, 9.17) is 55.0 Å². The monoisotopic (exact) mass is 1000 g/mol. The summed E-state index contributed by atoms with van der Waals surface area (Å²) in [4.78, 5) is 39.1. The third-order valence-corrected chi connectivity index (χ3v) is 15.2. The van der Waals surface area contributed by atoms with Crippen LogP contribution in [0.25, 0.3) is 53.2 Å². The van der Waals surface area contributed by atoms with Crippen molar-refractivity contribution >= 4 is 70.8 Å². The number of para-hydroxylation sites is 2. The van der Waals surface area contributed by atoms with Gasteiger partial charge in [-0.25, -0.2) is 29.1 Å². The van der Waals surface area contributed by atoms with Gasteiger partial charge in [0.15, 0.2) is 5.82 Å². The number of ether oxygens (including phenoxy) is 6. The summed E-state index contributed by atoms with van der Waals surface area (Å²) in [6, 6.07) is 33.0. The molecule has 1 saturated carbocycles. The van der Waals surface area contributed by atoms with Crippen LogP contribution >= 0.6 is 22.9 Å². The van der Waals surface area contributed by atoms with Crippen molar-refractivity contribution < 1.29 is 37.6 Å². The van der Waals surface area contributed by atoms with E-state index in [-0.39, 0.29) is 19.1 Å². The third kappa shape index (κ3) is 9.17. The van der Waals surface area contributed by atoms with Crippen LogP contribution in [0.15, 0.2) is 122 Å². The van der Waals surface area contributed by atoms with E-state index < -0.39 is 23.3 Å². The zero-order chi connectivity index (χ0) is 49.3. The molecule has 72 heavy (non-hydrogen) atoms. The number of benzene rings is 6. The summed E-state index contributed by atoms with van der Waals surface area (Å²) in [5, 5.41) is 4.52. The molecule has 1 atom stereocenters. The Balaban J connectivity index is 0.973. The lowest BCUT2D eigenvalue weighted by Gasteiger charge is -2.32. The molecule has 6 aromatic carbocycles. The van der Waals surface area contributed by atoms with Crippen molar-refractivity contribution in [3.63, 3.8) is 0 Å². The van der Waals surface area contributed by atoms with Crippen molar-refractivity contribution in [2.24, 2.45) is 0 Å². The van der Waals surface area contributed by atoms with Crippen LogP contribution in [0.3, 0.4) is 0 Å². The van der Waals surface area contributed by atoms with Gasteiger partial charge in [0.1, 0.15) is 59.8 Å². The quantitative estimate of drug-likeness (QED) is 0.0634. The minimum atomic E-state index is -1.19. The Labute approximate surface area is 424 Å². The van der Waals surface area contributed by atoms with Crippen molar-refractivity contribution in [3.8, 4) is 40.3 Å². The van der Waals surface area contributed by atoms with E-state index in [2.05, 4.69) is 21.8 Å². The third-order valence-electron chi connectivity index (χ3n) is 13.7. The summed E-state index contributed by atoms with van der Waals surface area (Å²) >= 11 is 8.78. The van der Waals surface area contributed by atoms with Crippen LogP contribution in [-0.4, -0.2) is 102 Å². The highest BCUT2D eigenvalue weighted by Gasteiger charge is 2.58. The molecule has 13 nitrogen and oxygen atoms in total. The number of hydrogen-bond acceptors (Lipinski definition) is 14. The summed E-state index contributed by atoms with van der Waals surface area (Å²) in [5.41, 5.74) is 2.08. The van der Waals surface area contributed by atoms with Crippen LogP contribution in [0.2, 0.25) is 5.02 Å². The lowest BCUT2D eigenvalue weighted by Crippen LogP contribution is -2.45. The highest BCUT2D eigenvalue weighted by atomic mass is 35.5. The van der Waals surface area contributed by atoms with E-state index in [0.717, 1.165) is 70.3 Å². The first-order valence-corrected chi connectivity index (χ1v) is 25.0. The SMILES string of the molecule is COc1ccc(COC(=O)[C@H](Oc2ncnc3sc4c5ccc(F)cc5c5c(Cl)c(OCCN6CCN(C)CC6)ccc5c4c23)C2(c3ccccc3OCc3ccnc(-c4ccccc4OC)n3)CC2)cc1. The molecule has 0 amide bonds. The summed E-state index contributed by atoms with van der Waals surface area (Å²) in [6.45, 7) is 5.23. The second kappa shape index (κ2) is 20.1.